The predicted octanol–water partition coefficient (Wildman–Crippen LogP) is 1.15. The lowest BCUT2D eigenvalue weighted by Gasteiger charge is -2.32. The zero-order valence-corrected chi connectivity index (χ0v) is 14.5. The molecule has 1 saturated heterocycles. The molecule has 0 unspecified atom stereocenters. The number of hydrogen-bond donors (Lipinski definition) is 2. The van der Waals surface area contributed by atoms with E-state index >= 15 is 0 Å². The average molecular weight is 339 g/mol. The second kappa shape index (κ2) is 9.00. The summed E-state index contributed by atoms with van der Waals surface area (Å²) in [5, 5.41) is 7.77. The fourth-order valence-electron chi connectivity index (χ4n) is 2.62. The van der Waals surface area contributed by atoms with E-state index in [0.29, 0.717) is 6.54 Å². The molecule has 7 heteroatoms. The van der Waals surface area contributed by atoms with Crippen LogP contribution in [0.2, 0.25) is 0 Å². The Morgan fingerprint density at radius 3 is 2.74 bits per heavy atom. The molecule has 0 aliphatic carbocycles. The van der Waals surface area contributed by atoms with E-state index in [1.807, 2.05) is 17.5 Å². The van der Waals surface area contributed by atoms with Crippen molar-refractivity contribution < 1.29 is 14.3 Å². The summed E-state index contributed by atoms with van der Waals surface area (Å²) in [4.78, 5) is 26.9. The first-order chi connectivity index (χ1) is 11.1. The fraction of sp³-hybridized carbons (Fsp3) is 0.625. The van der Waals surface area contributed by atoms with E-state index in [-0.39, 0.29) is 30.3 Å². The first-order valence-electron chi connectivity index (χ1n) is 7.95. The van der Waals surface area contributed by atoms with E-state index in [4.69, 9.17) is 4.74 Å². The summed E-state index contributed by atoms with van der Waals surface area (Å²) in [7, 11) is 0. The monoisotopic (exact) mass is 339 g/mol. The standard InChI is InChI=1S/C16H25N3O3S/c1-12(19-5-7-22-8-6-19)11-17-16(21)10-14(18-13(2)20)15-4-3-9-23-15/h3-4,9,12,14H,5-8,10-11H2,1-2H3,(H,17,21)(H,18,20)/t12-,14+/m0/s1. The van der Waals surface area contributed by atoms with Gasteiger partial charge >= 0.3 is 0 Å². The molecule has 1 fully saturated rings. The Hall–Kier alpha value is -1.44. The van der Waals surface area contributed by atoms with Crippen molar-refractivity contribution in [1.29, 1.82) is 0 Å². The van der Waals surface area contributed by atoms with Crippen LogP contribution in [0.1, 0.15) is 31.2 Å². The van der Waals surface area contributed by atoms with Gasteiger partial charge in [-0.15, -0.1) is 11.3 Å². The summed E-state index contributed by atoms with van der Waals surface area (Å²) in [5.74, 6) is -0.171. The Balaban J connectivity index is 1.80. The van der Waals surface area contributed by atoms with Gasteiger partial charge in [0, 0.05) is 37.5 Å². The number of nitrogens with zero attached hydrogens (tertiary/aromatic N) is 1. The molecule has 0 spiro atoms. The van der Waals surface area contributed by atoms with Crippen LogP contribution in [0, 0.1) is 0 Å². The fourth-order valence-corrected chi connectivity index (χ4v) is 3.40. The van der Waals surface area contributed by atoms with Crippen LogP contribution in [-0.4, -0.2) is 55.6 Å². The zero-order chi connectivity index (χ0) is 16.7. The van der Waals surface area contributed by atoms with Gasteiger partial charge in [0.1, 0.15) is 0 Å². The first kappa shape index (κ1) is 17.9. The predicted molar refractivity (Wildman–Crippen MR) is 90.4 cm³/mol. The number of morpholine rings is 1. The van der Waals surface area contributed by atoms with Crippen LogP contribution >= 0.6 is 11.3 Å². The molecule has 1 aromatic heterocycles. The lowest BCUT2D eigenvalue weighted by Crippen LogP contribution is -2.47. The van der Waals surface area contributed by atoms with Crippen molar-refractivity contribution in [1.82, 2.24) is 15.5 Å². The van der Waals surface area contributed by atoms with Crippen molar-refractivity contribution in [2.45, 2.75) is 32.4 Å². The van der Waals surface area contributed by atoms with Gasteiger partial charge in [-0.2, -0.15) is 0 Å². The SMILES string of the molecule is CC(=O)N[C@H](CC(=O)NC[C@H](C)N1CCOCC1)c1cccs1. The second-order valence-electron chi connectivity index (χ2n) is 5.77. The van der Waals surface area contributed by atoms with Crippen molar-refractivity contribution in [3.63, 3.8) is 0 Å². The summed E-state index contributed by atoms with van der Waals surface area (Å²) >= 11 is 1.55. The topological polar surface area (TPSA) is 70.7 Å². The largest absolute Gasteiger partial charge is 0.379 e. The lowest BCUT2D eigenvalue weighted by molar-refractivity contribution is -0.123. The van der Waals surface area contributed by atoms with Gasteiger partial charge in [0.05, 0.1) is 25.7 Å². The number of carbonyl (C=O) groups is 2. The van der Waals surface area contributed by atoms with Gasteiger partial charge in [0.15, 0.2) is 0 Å². The summed E-state index contributed by atoms with van der Waals surface area (Å²) < 4.78 is 5.34. The average Bonchev–Trinajstić information content (AvgIpc) is 3.07. The van der Waals surface area contributed by atoms with Gasteiger partial charge in [0.2, 0.25) is 11.8 Å². The summed E-state index contributed by atoms with van der Waals surface area (Å²) in [6.07, 6.45) is 0.260. The van der Waals surface area contributed by atoms with Crippen molar-refractivity contribution in [2.24, 2.45) is 0 Å². The molecule has 2 N–H and O–H groups in total. The number of nitrogens with one attached hydrogen (secondary N) is 2. The Bertz CT molecular complexity index is 501. The van der Waals surface area contributed by atoms with Gasteiger partial charge < -0.3 is 15.4 Å². The molecule has 6 nitrogen and oxygen atoms in total. The highest BCUT2D eigenvalue weighted by Gasteiger charge is 2.20. The highest BCUT2D eigenvalue weighted by Crippen LogP contribution is 2.21. The maximum atomic E-state index is 12.2. The number of rotatable bonds is 7. The van der Waals surface area contributed by atoms with Gasteiger partial charge in [-0.1, -0.05) is 6.07 Å². The van der Waals surface area contributed by atoms with Crippen molar-refractivity contribution in [3.8, 4) is 0 Å². The van der Waals surface area contributed by atoms with E-state index in [9.17, 15) is 9.59 Å². The van der Waals surface area contributed by atoms with Crippen LogP contribution < -0.4 is 10.6 Å². The Morgan fingerprint density at radius 1 is 1.39 bits per heavy atom. The van der Waals surface area contributed by atoms with Crippen LogP contribution in [0.5, 0.6) is 0 Å². The Kier molecular flexibility index (Phi) is 7.01. The molecular formula is C16H25N3O3S. The third-order valence-electron chi connectivity index (χ3n) is 3.92. The number of hydrogen-bond acceptors (Lipinski definition) is 5. The molecule has 2 atom stereocenters. The number of thiophene rings is 1. The molecular weight excluding hydrogens is 314 g/mol. The maximum absolute atomic E-state index is 12.2. The van der Waals surface area contributed by atoms with Crippen LogP contribution in [0.3, 0.4) is 0 Å². The van der Waals surface area contributed by atoms with Gasteiger partial charge in [0.25, 0.3) is 0 Å². The minimum Gasteiger partial charge on any atom is -0.379 e. The van der Waals surface area contributed by atoms with Gasteiger partial charge in [-0.25, -0.2) is 0 Å². The van der Waals surface area contributed by atoms with Crippen molar-refractivity contribution in [2.75, 3.05) is 32.8 Å². The third-order valence-corrected chi connectivity index (χ3v) is 4.90. The number of carbonyl (C=O) groups excluding carboxylic acids is 2. The molecule has 0 bridgehead atoms. The van der Waals surface area contributed by atoms with E-state index in [1.165, 1.54) is 6.92 Å². The molecule has 0 radical (unpaired) electrons. The summed E-state index contributed by atoms with van der Waals surface area (Å²) in [6.45, 7) is 7.50. The molecule has 23 heavy (non-hydrogen) atoms. The van der Waals surface area contributed by atoms with Crippen LogP contribution in [0.4, 0.5) is 0 Å². The van der Waals surface area contributed by atoms with Crippen molar-refractivity contribution in [3.05, 3.63) is 22.4 Å². The van der Waals surface area contributed by atoms with Crippen LogP contribution in [0.15, 0.2) is 17.5 Å². The summed E-state index contributed by atoms with van der Waals surface area (Å²) in [5.41, 5.74) is 0. The second-order valence-corrected chi connectivity index (χ2v) is 6.75. The molecule has 128 valence electrons. The Labute approximate surface area is 141 Å². The minimum atomic E-state index is -0.258. The van der Waals surface area contributed by atoms with E-state index in [2.05, 4.69) is 22.5 Å². The van der Waals surface area contributed by atoms with Gasteiger partial charge in [-0.05, 0) is 18.4 Å². The van der Waals surface area contributed by atoms with E-state index in [0.717, 1.165) is 31.2 Å². The smallest absolute Gasteiger partial charge is 0.222 e. The molecule has 2 rings (SSSR count). The summed E-state index contributed by atoms with van der Waals surface area (Å²) in [6, 6.07) is 3.89. The van der Waals surface area contributed by atoms with Crippen LogP contribution in [-0.2, 0) is 14.3 Å². The Morgan fingerprint density at radius 2 is 2.13 bits per heavy atom. The highest BCUT2D eigenvalue weighted by atomic mass is 32.1. The normalized spacial score (nSPS) is 18.2. The lowest BCUT2D eigenvalue weighted by atomic mass is 10.1. The van der Waals surface area contributed by atoms with E-state index < -0.39 is 0 Å². The number of amides is 2. The van der Waals surface area contributed by atoms with Gasteiger partial charge in [-0.3, -0.25) is 14.5 Å². The minimum absolute atomic E-state index is 0.0442. The molecule has 0 saturated carbocycles. The third kappa shape index (κ3) is 5.93. The van der Waals surface area contributed by atoms with Crippen molar-refractivity contribution >= 4 is 23.2 Å². The quantitative estimate of drug-likeness (QED) is 0.782. The highest BCUT2D eigenvalue weighted by molar-refractivity contribution is 7.10. The molecule has 0 aromatic carbocycles. The first-order valence-corrected chi connectivity index (χ1v) is 8.83. The molecule has 1 aliphatic heterocycles. The van der Waals surface area contributed by atoms with E-state index in [1.54, 1.807) is 11.3 Å². The van der Waals surface area contributed by atoms with Crippen LogP contribution in [0.25, 0.3) is 0 Å². The number of ether oxygens (including phenoxy) is 1. The zero-order valence-electron chi connectivity index (χ0n) is 13.7. The molecule has 2 heterocycles. The molecule has 1 aromatic rings. The molecule has 2 amide bonds. The molecule has 1 aliphatic rings. The maximum Gasteiger partial charge on any atom is 0.222 e.